The van der Waals surface area contributed by atoms with Crippen molar-refractivity contribution in [2.45, 2.75) is 39.7 Å². The van der Waals surface area contributed by atoms with Gasteiger partial charge in [0.05, 0.1) is 0 Å². The van der Waals surface area contributed by atoms with E-state index >= 15 is 0 Å². The van der Waals surface area contributed by atoms with Crippen molar-refractivity contribution < 1.29 is 0 Å². The highest BCUT2D eigenvalue weighted by Gasteiger charge is 1.91. The van der Waals surface area contributed by atoms with Crippen molar-refractivity contribution >= 4 is 0 Å². The Morgan fingerprint density at radius 1 is 1.30 bits per heavy atom. The van der Waals surface area contributed by atoms with Crippen LogP contribution in [0.25, 0.3) is 0 Å². The van der Waals surface area contributed by atoms with Gasteiger partial charge in [-0.25, -0.2) is 0 Å². The lowest BCUT2D eigenvalue weighted by Crippen LogP contribution is -2.24. The van der Waals surface area contributed by atoms with E-state index in [2.05, 4.69) is 38.2 Å². The van der Waals surface area contributed by atoms with Crippen LogP contribution >= 0.6 is 0 Å². The van der Waals surface area contributed by atoms with Crippen molar-refractivity contribution in [3.8, 4) is 0 Å². The normalized spacial score (nSPS) is 14.3. The third-order valence-corrected chi connectivity index (χ3v) is 1.60. The third kappa shape index (κ3) is 5.83. The SMILES string of the molecule is CC/C=C/CNC(C)CC. The lowest BCUT2D eigenvalue weighted by molar-refractivity contribution is 0.567. The number of hydrogen-bond acceptors (Lipinski definition) is 1. The van der Waals surface area contributed by atoms with Crippen LogP contribution in [0.5, 0.6) is 0 Å². The average molecular weight is 141 g/mol. The van der Waals surface area contributed by atoms with Crippen LogP contribution in [0.2, 0.25) is 0 Å². The molecule has 1 atom stereocenters. The molecule has 0 aliphatic rings. The summed E-state index contributed by atoms with van der Waals surface area (Å²) in [6.07, 6.45) is 6.73. The van der Waals surface area contributed by atoms with Gasteiger partial charge in [0.1, 0.15) is 0 Å². The smallest absolute Gasteiger partial charge is 0.0137 e. The van der Waals surface area contributed by atoms with Crippen molar-refractivity contribution in [3.63, 3.8) is 0 Å². The van der Waals surface area contributed by atoms with Gasteiger partial charge in [-0.2, -0.15) is 0 Å². The molecule has 60 valence electrons. The van der Waals surface area contributed by atoms with Gasteiger partial charge in [-0.15, -0.1) is 0 Å². The maximum atomic E-state index is 3.38. The Kier molecular flexibility index (Phi) is 6.61. The predicted octanol–water partition coefficient (Wildman–Crippen LogP) is 2.34. The second-order valence-electron chi connectivity index (χ2n) is 2.60. The monoisotopic (exact) mass is 141 g/mol. The molecule has 1 heteroatoms. The summed E-state index contributed by atoms with van der Waals surface area (Å²) in [4.78, 5) is 0. The van der Waals surface area contributed by atoms with Gasteiger partial charge in [0, 0.05) is 12.6 Å². The Hall–Kier alpha value is -0.300. The highest BCUT2D eigenvalue weighted by molar-refractivity contribution is 4.83. The largest absolute Gasteiger partial charge is 0.311 e. The molecule has 0 amide bonds. The van der Waals surface area contributed by atoms with Gasteiger partial charge in [0.2, 0.25) is 0 Å². The lowest BCUT2D eigenvalue weighted by atomic mass is 10.2. The molecule has 0 saturated heterocycles. The Balaban J connectivity index is 3.10. The van der Waals surface area contributed by atoms with Gasteiger partial charge in [0.25, 0.3) is 0 Å². The molecule has 0 bridgehead atoms. The lowest BCUT2D eigenvalue weighted by Gasteiger charge is -2.07. The molecule has 0 heterocycles. The zero-order valence-corrected chi connectivity index (χ0v) is 7.35. The summed E-state index contributed by atoms with van der Waals surface area (Å²) >= 11 is 0. The van der Waals surface area contributed by atoms with Crippen LogP contribution in [0.4, 0.5) is 0 Å². The first-order chi connectivity index (χ1) is 4.81. The first-order valence-corrected chi connectivity index (χ1v) is 4.19. The quantitative estimate of drug-likeness (QED) is 0.579. The Bertz CT molecular complexity index is 86.7. The Morgan fingerprint density at radius 2 is 2.00 bits per heavy atom. The standard InChI is InChI=1S/C9H19N/c1-4-6-7-8-10-9(3)5-2/h6-7,9-10H,4-5,8H2,1-3H3/b7-6+. The highest BCUT2D eigenvalue weighted by Crippen LogP contribution is 1.86. The van der Waals surface area contributed by atoms with E-state index in [0.29, 0.717) is 6.04 Å². The van der Waals surface area contributed by atoms with E-state index in [1.807, 2.05) is 0 Å². The zero-order valence-electron chi connectivity index (χ0n) is 7.35. The minimum absolute atomic E-state index is 0.654. The summed E-state index contributed by atoms with van der Waals surface area (Å²) in [5, 5.41) is 3.38. The molecule has 0 rings (SSSR count). The predicted molar refractivity (Wildman–Crippen MR) is 47.2 cm³/mol. The molecular formula is C9H19N. The van der Waals surface area contributed by atoms with E-state index < -0.39 is 0 Å². The molecule has 0 aromatic heterocycles. The van der Waals surface area contributed by atoms with Crippen molar-refractivity contribution in [1.82, 2.24) is 5.32 Å². The van der Waals surface area contributed by atoms with E-state index in [4.69, 9.17) is 0 Å². The fraction of sp³-hybridized carbons (Fsp3) is 0.778. The summed E-state index contributed by atoms with van der Waals surface area (Å²) in [6, 6.07) is 0.654. The molecule has 1 unspecified atom stereocenters. The zero-order chi connectivity index (χ0) is 7.82. The molecule has 0 saturated carbocycles. The molecule has 0 aliphatic heterocycles. The van der Waals surface area contributed by atoms with E-state index in [9.17, 15) is 0 Å². The summed E-state index contributed by atoms with van der Waals surface area (Å²) in [7, 11) is 0. The van der Waals surface area contributed by atoms with Crippen molar-refractivity contribution in [2.24, 2.45) is 0 Å². The van der Waals surface area contributed by atoms with Crippen LogP contribution in [-0.2, 0) is 0 Å². The van der Waals surface area contributed by atoms with Crippen LogP contribution in [-0.4, -0.2) is 12.6 Å². The number of rotatable bonds is 5. The molecule has 0 fully saturated rings. The molecule has 1 N–H and O–H groups in total. The van der Waals surface area contributed by atoms with Gasteiger partial charge in [-0.3, -0.25) is 0 Å². The van der Waals surface area contributed by atoms with Crippen molar-refractivity contribution in [3.05, 3.63) is 12.2 Å². The molecule has 0 aromatic carbocycles. The molecule has 0 radical (unpaired) electrons. The Morgan fingerprint density at radius 3 is 2.50 bits per heavy atom. The van der Waals surface area contributed by atoms with E-state index in [1.165, 1.54) is 6.42 Å². The summed E-state index contributed by atoms with van der Waals surface area (Å²) in [6.45, 7) is 7.57. The second-order valence-corrected chi connectivity index (χ2v) is 2.60. The molecule has 0 spiro atoms. The molecule has 0 aromatic rings. The van der Waals surface area contributed by atoms with E-state index in [0.717, 1.165) is 13.0 Å². The summed E-state index contributed by atoms with van der Waals surface area (Å²) < 4.78 is 0. The minimum atomic E-state index is 0.654. The average Bonchev–Trinajstić information content (AvgIpc) is 1.98. The second kappa shape index (κ2) is 6.81. The first kappa shape index (κ1) is 9.70. The van der Waals surface area contributed by atoms with E-state index in [1.54, 1.807) is 0 Å². The highest BCUT2D eigenvalue weighted by atomic mass is 14.9. The summed E-state index contributed by atoms with van der Waals surface area (Å²) in [5.41, 5.74) is 0. The summed E-state index contributed by atoms with van der Waals surface area (Å²) in [5.74, 6) is 0. The van der Waals surface area contributed by atoms with Crippen molar-refractivity contribution in [1.29, 1.82) is 0 Å². The fourth-order valence-electron chi connectivity index (χ4n) is 0.664. The van der Waals surface area contributed by atoms with Crippen LogP contribution in [0.1, 0.15) is 33.6 Å². The van der Waals surface area contributed by atoms with E-state index in [-0.39, 0.29) is 0 Å². The van der Waals surface area contributed by atoms with Gasteiger partial charge in [0.15, 0.2) is 0 Å². The van der Waals surface area contributed by atoms with Gasteiger partial charge in [-0.1, -0.05) is 26.0 Å². The van der Waals surface area contributed by atoms with Gasteiger partial charge >= 0.3 is 0 Å². The maximum absolute atomic E-state index is 3.38. The maximum Gasteiger partial charge on any atom is 0.0137 e. The number of hydrogen-bond donors (Lipinski definition) is 1. The number of nitrogens with one attached hydrogen (secondary N) is 1. The van der Waals surface area contributed by atoms with Crippen LogP contribution in [0.3, 0.4) is 0 Å². The van der Waals surface area contributed by atoms with Crippen LogP contribution in [0, 0.1) is 0 Å². The molecule has 10 heavy (non-hydrogen) atoms. The number of allylic oxidation sites excluding steroid dienone is 1. The first-order valence-electron chi connectivity index (χ1n) is 4.19. The third-order valence-electron chi connectivity index (χ3n) is 1.60. The topological polar surface area (TPSA) is 12.0 Å². The van der Waals surface area contributed by atoms with Crippen molar-refractivity contribution in [2.75, 3.05) is 6.54 Å². The minimum Gasteiger partial charge on any atom is -0.311 e. The van der Waals surface area contributed by atoms with Gasteiger partial charge in [-0.05, 0) is 19.8 Å². The van der Waals surface area contributed by atoms with Gasteiger partial charge < -0.3 is 5.32 Å². The van der Waals surface area contributed by atoms with Crippen LogP contribution < -0.4 is 5.32 Å². The van der Waals surface area contributed by atoms with Crippen LogP contribution in [0.15, 0.2) is 12.2 Å². The fourth-order valence-corrected chi connectivity index (χ4v) is 0.664. The molecular weight excluding hydrogens is 122 g/mol. The molecule has 1 nitrogen and oxygen atoms in total. The Labute approximate surface area is 64.5 Å². The molecule has 0 aliphatic carbocycles.